The molecule has 0 bridgehead atoms. The number of aromatic nitrogens is 1. The molecule has 5 nitrogen and oxygen atoms in total. The highest BCUT2D eigenvalue weighted by Gasteiger charge is 2.09. The molecule has 0 aliphatic rings. The minimum Gasteiger partial charge on any atom is -0.497 e. The van der Waals surface area contributed by atoms with E-state index >= 15 is 0 Å². The molecule has 27 heavy (non-hydrogen) atoms. The summed E-state index contributed by atoms with van der Waals surface area (Å²) in [6.07, 6.45) is 2.07. The van der Waals surface area contributed by atoms with Gasteiger partial charge in [-0.2, -0.15) is 0 Å². The van der Waals surface area contributed by atoms with E-state index in [9.17, 15) is 4.79 Å². The van der Waals surface area contributed by atoms with Crippen LogP contribution in [0.25, 0.3) is 0 Å². The molecular formula is C22H23N3O2. The second-order valence-corrected chi connectivity index (χ2v) is 6.05. The van der Waals surface area contributed by atoms with Crippen LogP contribution >= 0.6 is 0 Å². The number of carbonyl (C=O) groups is 1. The van der Waals surface area contributed by atoms with E-state index in [1.165, 1.54) is 0 Å². The van der Waals surface area contributed by atoms with E-state index in [0.717, 1.165) is 29.2 Å². The highest BCUT2D eigenvalue weighted by atomic mass is 16.5. The van der Waals surface area contributed by atoms with Gasteiger partial charge >= 0.3 is 0 Å². The van der Waals surface area contributed by atoms with Gasteiger partial charge in [0.15, 0.2) is 0 Å². The fraction of sp³-hybridized carbons (Fsp3) is 0.182. The van der Waals surface area contributed by atoms with Crippen LogP contribution in [-0.2, 0) is 11.2 Å². The Morgan fingerprint density at radius 3 is 2.33 bits per heavy atom. The average molecular weight is 361 g/mol. The van der Waals surface area contributed by atoms with E-state index in [-0.39, 0.29) is 5.91 Å². The maximum Gasteiger partial charge on any atom is 0.229 e. The molecule has 1 heterocycles. The minimum absolute atomic E-state index is 0.101. The predicted octanol–water partition coefficient (Wildman–Crippen LogP) is 4.43. The second-order valence-electron chi connectivity index (χ2n) is 6.05. The van der Waals surface area contributed by atoms with Gasteiger partial charge in [-0.25, -0.2) is 4.98 Å². The van der Waals surface area contributed by atoms with Crippen LogP contribution in [0.4, 0.5) is 17.2 Å². The summed E-state index contributed by atoms with van der Waals surface area (Å²) in [6, 6.07) is 21.4. The lowest BCUT2D eigenvalue weighted by Gasteiger charge is -2.23. The molecule has 0 aliphatic carbocycles. The van der Waals surface area contributed by atoms with Gasteiger partial charge in [-0.1, -0.05) is 30.3 Å². The van der Waals surface area contributed by atoms with Crippen molar-refractivity contribution in [3.05, 3.63) is 78.5 Å². The number of nitrogens with zero attached hydrogens (tertiary/aromatic N) is 2. The molecule has 3 aromatic rings. The first-order valence-electron chi connectivity index (χ1n) is 8.91. The Morgan fingerprint density at radius 2 is 1.74 bits per heavy atom. The highest BCUT2D eigenvalue weighted by Crippen LogP contribution is 2.24. The summed E-state index contributed by atoms with van der Waals surface area (Å²) in [5, 5.41) is 2.84. The third-order valence-corrected chi connectivity index (χ3v) is 4.23. The Kier molecular flexibility index (Phi) is 6.05. The minimum atomic E-state index is -0.101. The third kappa shape index (κ3) is 4.85. The van der Waals surface area contributed by atoms with Crippen LogP contribution < -0.4 is 15.0 Å². The Balaban J connectivity index is 1.63. The number of carbonyl (C=O) groups excluding carboxylic acids is 1. The van der Waals surface area contributed by atoms with E-state index in [2.05, 4.69) is 34.3 Å². The normalized spacial score (nSPS) is 10.3. The number of para-hydroxylation sites is 1. The molecule has 2 aromatic carbocycles. The van der Waals surface area contributed by atoms with Gasteiger partial charge in [0.25, 0.3) is 0 Å². The fourth-order valence-electron chi connectivity index (χ4n) is 2.86. The average Bonchev–Trinajstić information content (AvgIpc) is 2.71. The number of hydrogen-bond acceptors (Lipinski definition) is 4. The molecule has 0 saturated heterocycles. The van der Waals surface area contributed by atoms with Crippen LogP contribution in [0.2, 0.25) is 0 Å². The first-order valence-corrected chi connectivity index (χ1v) is 8.91. The summed E-state index contributed by atoms with van der Waals surface area (Å²) >= 11 is 0. The number of pyridine rings is 1. The molecule has 0 unspecified atom stereocenters. The summed E-state index contributed by atoms with van der Waals surface area (Å²) in [6.45, 7) is 2.92. The maximum absolute atomic E-state index is 12.2. The first-order chi connectivity index (χ1) is 13.2. The number of methoxy groups -OCH3 is 1. The van der Waals surface area contributed by atoms with E-state index in [0.29, 0.717) is 12.2 Å². The van der Waals surface area contributed by atoms with Crippen molar-refractivity contribution in [3.63, 3.8) is 0 Å². The monoisotopic (exact) mass is 361 g/mol. The van der Waals surface area contributed by atoms with Crippen molar-refractivity contribution < 1.29 is 9.53 Å². The molecule has 5 heteroatoms. The van der Waals surface area contributed by atoms with Gasteiger partial charge in [0, 0.05) is 12.2 Å². The van der Waals surface area contributed by atoms with Crippen LogP contribution in [0.5, 0.6) is 5.75 Å². The van der Waals surface area contributed by atoms with Gasteiger partial charge in [0.2, 0.25) is 5.91 Å². The lowest BCUT2D eigenvalue weighted by Crippen LogP contribution is -2.17. The number of nitrogens with one attached hydrogen (secondary N) is 1. The molecule has 0 saturated carbocycles. The van der Waals surface area contributed by atoms with Crippen molar-refractivity contribution >= 4 is 23.1 Å². The summed E-state index contributed by atoms with van der Waals surface area (Å²) < 4.78 is 5.13. The number of anilines is 3. The van der Waals surface area contributed by atoms with E-state index in [4.69, 9.17) is 4.74 Å². The van der Waals surface area contributed by atoms with Crippen LogP contribution in [0.15, 0.2) is 72.9 Å². The SMILES string of the molecule is CCN(c1ccccc1)c1ccc(NC(=O)Cc2ccc(OC)cc2)nc1. The molecule has 0 fully saturated rings. The highest BCUT2D eigenvalue weighted by molar-refractivity contribution is 5.91. The van der Waals surface area contributed by atoms with Gasteiger partial charge in [0.05, 0.1) is 25.4 Å². The number of hydrogen-bond donors (Lipinski definition) is 1. The Hall–Kier alpha value is -3.34. The zero-order valence-corrected chi connectivity index (χ0v) is 15.6. The third-order valence-electron chi connectivity index (χ3n) is 4.23. The topological polar surface area (TPSA) is 54.5 Å². The zero-order valence-electron chi connectivity index (χ0n) is 15.6. The van der Waals surface area contributed by atoms with Gasteiger partial charge in [-0.15, -0.1) is 0 Å². The molecule has 138 valence electrons. The van der Waals surface area contributed by atoms with E-state index in [1.54, 1.807) is 13.3 Å². The molecule has 0 atom stereocenters. The van der Waals surface area contributed by atoms with Gasteiger partial charge in [-0.05, 0) is 48.9 Å². The quantitative estimate of drug-likeness (QED) is 0.676. The zero-order chi connectivity index (χ0) is 19.1. The Labute approximate surface area is 159 Å². The summed E-state index contributed by atoms with van der Waals surface area (Å²) in [5.41, 5.74) is 3.01. The van der Waals surface area contributed by atoms with Crippen molar-refractivity contribution in [2.45, 2.75) is 13.3 Å². The van der Waals surface area contributed by atoms with Crippen molar-refractivity contribution in [2.75, 3.05) is 23.9 Å². The standard InChI is InChI=1S/C22H23N3O2/c1-3-25(18-7-5-4-6-8-18)19-11-14-21(23-16-19)24-22(26)15-17-9-12-20(27-2)13-10-17/h4-14,16H,3,15H2,1-2H3,(H,23,24,26). The van der Waals surface area contributed by atoms with Crippen LogP contribution in [0.3, 0.4) is 0 Å². The molecule has 1 amide bonds. The lowest BCUT2D eigenvalue weighted by molar-refractivity contribution is -0.115. The Bertz CT molecular complexity index is 862. The summed E-state index contributed by atoms with van der Waals surface area (Å²) in [4.78, 5) is 18.8. The van der Waals surface area contributed by atoms with Crippen molar-refractivity contribution in [1.29, 1.82) is 0 Å². The molecule has 1 aromatic heterocycles. The number of rotatable bonds is 7. The van der Waals surface area contributed by atoms with Crippen molar-refractivity contribution in [3.8, 4) is 5.75 Å². The van der Waals surface area contributed by atoms with E-state index in [1.807, 2.05) is 54.6 Å². The first kappa shape index (κ1) is 18.5. The van der Waals surface area contributed by atoms with Crippen LogP contribution in [0.1, 0.15) is 12.5 Å². The Morgan fingerprint density at radius 1 is 1.00 bits per heavy atom. The number of ether oxygens (including phenoxy) is 1. The smallest absolute Gasteiger partial charge is 0.229 e. The fourth-order valence-corrected chi connectivity index (χ4v) is 2.86. The van der Waals surface area contributed by atoms with Gasteiger partial charge in [-0.3, -0.25) is 4.79 Å². The summed E-state index contributed by atoms with van der Waals surface area (Å²) in [7, 11) is 1.62. The van der Waals surface area contributed by atoms with Gasteiger partial charge < -0.3 is 15.0 Å². The lowest BCUT2D eigenvalue weighted by atomic mass is 10.1. The molecule has 1 N–H and O–H groups in total. The molecule has 3 rings (SSSR count). The van der Waals surface area contributed by atoms with Crippen molar-refractivity contribution in [2.24, 2.45) is 0 Å². The molecule has 0 radical (unpaired) electrons. The number of benzene rings is 2. The number of amides is 1. The second kappa shape index (κ2) is 8.85. The molecule has 0 aliphatic heterocycles. The van der Waals surface area contributed by atoms with Crippen LogP contribution in [0, 0.1) is 0 Å². The van der Waals surface area contributed by atoms with Gasteiger partial charge in [0.1, 0.15) is 11.6 Å². The van der Waals surface area contributed by atoms with Crippen molar-refractivity contribution in [1.82, 2.24) is 4.98 Å². The largest absolute Gasteiger partial charge is 0.497 e. The summed E-state index contributed by atoms with van der Waals surface area (Å²) in [5.74, 6) is 1.22. The molecular weight excluding hydrogens is 338 g/mol. The van der Waals surface area contributed by atoms with Crippen LogP contribution in [-0.4, -0.2) is 24.5 Å². The molecule has 0 spiro atoms. The van der Waals surface area contributed by atoms with E-state index < -0.39 is 0 Å². The maximum atomic E-state index is 12.2. The predicted molar refractivity (Wildman–Crippen MR) is 109 cm³/mol.